The fourth-order valence-corrected chi connectivity index (χ4v) is 3.59. The maximum atomic E-state index is 13.2. The molecule has 0 radical (unpaired) electrons. The second-order valence-corrected chi connectivity index (χ2v) is 7.69. The van der Waals surface area contributed by atoms with Crippen LogP contribution in [-0.2, 0) is 11.4 Å². The van der Waals surface area contributed by atoms with E-state index in [2.05, 4.69) is 16.6 Å². The molecule has 0 amide bonds. The summed E-state index contributed by atoms with van der Waals surface area (Å²) in [5.41, 5.74) is 2.67. The van der Waals surface area contributed by atoms with Gasteiger partial charge >= 0.3 is 0 Å². The van der Waals surface area contributed by atoms with Crippen LogP contribution in [0, 0.1) is 5.82 Å². The Bertz CT molecular complexity index is 841. The lowest BCUT2D eigenvalue weighted by atomic mass is 10.0. The molecule has 1 aliphatic rings. The van der Waals surface area contributed by atoms with Gasteiger partial charge in [0.2, 0.25) is 0 Å². The van der Waals surface area contributed by atoms with Gasteiger partial charge in [-0.3, -0.25) is 4.90 Å². The molecule has 2 atom stereocenters. The summed E-state index contributed by atoms with van der Waals surface area (Å²) in [7, 11) is 0. The number of allylic oxidation sites excluding steroid dienone is 1. The number of hydrogen-bond acceptors (Lipinski definition) is 4. The van der Waals surface area contributed by atoms with Crippen LogP contribution in [0.4, 0.5) is 4.39 Å². The Morgan fingerprint density at radius 2 is 2.03 bits per heavy atom. The van der Waals surface area contributed by atoms with E-state index < -0.39 is 6.10 Å². The first-order chi connectivity index (χ1) is 14.0. The zero-order chi connectivity index (χ0) is 20.6. The monoisotopic (exact) mass is 416 g/mol. The lowest BCUT2D eigenvalue weighted by molar-refractivity contribution is 0.0308. The second-order valence-electron chi connectivity index (χ2n) is 7.28. The molecule has 2 aromatic carbocycles. The van der Waals surface area contributed by atoms with Crippen LogP contribution in [0.5, 0.6) is 0 Å². The van der Waals surface area contributed by atoms with Gasteiger partial charge in [-0.25, -0.2) is 4.39 Å². The molecule has 1 aliphatic heterocycles. The number of oxime groups is 1. The van der Waals surface area contributed by atoms with E-state index in [4.69, 9.17) is 16.4 Å². The van der Waals surface area contributed by atoms with Crippen LogP contribution in [0.3, 0.4) is 0 Å². The molecular weight excluding hydrogens is 391 g/mol. The van der Waals surface area contributed by atoms with Crippen molar-refractivity contribution in [3.63, 3.8) is 0 Å². The van der Waals surface area contributed by atoms with Crippen molar-refractivity contribution < 1.29 is 14.3 Å². The largest absolute Gasteiger partial charge is 0.392 e. The number of benzene rings is 2. The van der Waals surface area contributed by atoms with Crippen LogP contribution in [0.15, 0.2) is 66.3 Å². The fraction of sp³-hybridized carbons (Fsp3) is 0.348. The molecule has 154 valence electrons. The molecule has 6 heteroatoms. The highest BCUT2D eigenvalue weighted by Crippen LogP contribution is 2.21. The molecule has 29 heavy (non-hydrogen) atoms. The Hall–Kier alpha value is -2.21. The highest BCUT2D eigenvalue weighted by Gasteiger charge is 2.26. The molecule has 0 saturated heterocycles. The van der Waals surface area contributed by atoms with Crippen LogP contribution < -0.4 is 0 Å². The number of aliphatic hydroxyl groups excluding tert-OH is 1. The molecule has 2 aromatic rings. The Labute approximate surface area is 176 Å². The van der Waals surface area contributed by atoms with Crippen LogP contribution in [0.25, 0.3) is 0 Å². The minimum absolute atomic E-state index is 0.135. The van der Waals surface area contributed by atoms with Gasteiger partial charge in [-0.1, -0.05) is 53.2 Å². The molecule has 0 saturated carbocycles. The molecule has 0 spiro atoms. The predicted molar refractivity (Wildman–Crippen MR) is 115 cm³/mol. The quantitative estimate of drug-likeness (QED) is 0.566. The standard InChI is InChI=1S/C23H26ClFN2O2/c1-2-3-7-20(28)15-27(14-18-6-4-5-8-22(18)24)16-21-13-23(26-29-21)17-9-11-19(25)12-10-17/h2,4-6,8-12,20-21,28H,1,3,7,13-16H2. The van der Waals surface area contributed by atoms with Crippen molar-refractivity contribution in [2.75, 3.05) is 13.1 Å². The molecule has 0 aromatic heterocycles. The minimum Gasteiger partial charge on any atom is -0.392 e. The Kier molecular flexibility index (Phi) is 7.81. The molecule has 4 nitrogen and oxygen atoms in total. The zero-order valence-electron chi connectivity index (χ0n) is 16.3. The first kappa shape index (κ1) is 21.5. The normalized spacial score (nSPS) is 17.1. The van der Waals surface area contributed by atoms with Gasteiger partial charge in [0.1, 0.15) is 11.9 Å². The minimum atomic E-state index is -0.464. The van der Waals surface area contributed by atoms with E-state index in [1.54, 1.807) is 12.1 Å². The van der Waals surface area contributed by atoms with Gasteiger partial charge in [0.05, 0.1) is 11.8 Å². The van der Waals surface area contributed by atoms with Crippen molar-refractivity contribution in [1.29, 1.82) is 0 Å². The van der Waals surface area contributed by atoms with E-state index in [1.807, 2.05) is 30.3 Å². The molecular formula is C23H26ClFN2O2. The maximum Gasteiger partial charge on any atom is 0.145 e. The lowest BCUT2D eigenvalue weighted by Gasteiger charge is -2.27. The van der Waals surface area contributed by atoms with Crippen LogP contribution in [0.2, 0.25) is 5.02 Å². The third-order valence-electron chi connectivity index (χ3n) is 4.90. The molecule has 2 unspecified atom stereocenters. The summed E-state index contributed by atoms with van der Waals surface area (Å²) in [4.78, 5) is 7.77. The van der Waals surface area contributed by atoms with E-state index in [9.17, 15) is 9.50 Å². The summed E-state index contributed by atoms with van der Waals surface area (Å²) in [5.74, 6) is -0.274. The Balaban J connectivity index is 1.64. The van der Waals surface area contributed by atoms with E-state index in [0.717, 1.165) is 23.3 Å². The van der Waals surface area contributed by atoms with Crippen molar-refractivity contribution in [3.8, 4) is 0 Å². The average molecular weight is 417 g/mol. The van der Waals surface area contributed by atoms with Gasteiger partial charge < -0.3 is 9.94 Å². The number of nitrogens with zero attached hydrogens (tertiary/aromatic N) is 2. The third kappa shape index (κ3) is 6.39. The van der Waals surface area contributed by atoms with Crippen molar-refractivity contribution in [2.24, 2.45) is 5.16 Å². The molecule has 3 rings (SSSR count). The topological polar surface area (TPSA) is 45.1 Å². The van der Waals surface area contributed by atoms with E-state index in [0.29, 0.717) is 37.5 Å². The van der Waals surface area contributed by atoms with Gasteiger partial charge in [0.25, 0.3) is 0 Å². The van der Waals surface area contributed by atoms with Gasteiger partial charge in [0, 0.05) is 31.1 Å². The van der Waals surface area contributed by atoms with Gasteiger partial charge in [-0.15, -0.1) is 6.58 Å². The van der Waals surface area contributed by atoms with Gasteiger partial charge in [-0.2, -0.15) is 0 Å². The summed E-state index contributed by atoms with van der Waals surface area (Å²) < 4.78 is 13.2. The van der Waals surface area contributed by atoms with Crippen LogP contribution in [0.1, 0.15) is 30.4 Å². The average Bonchev–Trinajstić information content (AvgIpc) is 3.17. The summed E-state index contributed by atoms with van der Waals surface area (Å²) in [6.07, 6.45) is 3.26. The molecule has 0 bridgehead atoms. The molecule has 0 fully saturated rings. The SMILES string of the molecule is C=CCCC(O)CN(Cc1ccccc1Cl)CC1CC(c2ccc(F)cc2)=NO1. The summed E-state index contributed by atoms with van der Waals surface area (Å²) in [5, 5.41) is 15.3. The molecule has 0 aliphatic carbocycles. The predicted octanol–water partition coefficient (Wildman–Crippen LogP) is 4.80. The Morgan fingerprint density at radius 3 is 2.76 bits per heavy atom. The van der Waals surface area contributed by atoms with Crippen molar-refractivity contribution in [3.05, 3.63) is 83.2 Å². The van der Waals surface area contributed by atoms with E-state index >= 15 is 0 Å². The Morgan fingerprint density at radius 1 is 1.28 bits per heavy atom. The first-order valence-corrected chi connectivity index (χ1v) is 10.2. The van der Waals surface area contributed by atoms with Gasteiger partial charge in [-0.05, 0) is 42.2 Å². The number of halogens is 2. The highest BCUT2D eigenvalue weighted by atomic mass is 35.5. The smallest absolute Gasteiger partial charge is 0.145 e. The second kappa shape index (κ2) is 10.5. The van der Waals surface area contributed by atoms with E-state index in [-0.39, 0.29) is 11.9 Å². The number of aliphatic hydroxyl groups is 1. The molecule has 1 heterocycles. The first-order valence-electron chi connectivity index (χ1n) is 9.78. The number of hydrogen-bond donors (Lipinski definition) is 1. The summed E-state index contributed by atoms with van der Waals surface area (Å²) >= 11 is 6.33. The summed E-state index contributed by atoms with van der Waals surface area (Å²) in [6, 6.07) is 14.0. The highest BCUT2D eigenvalue weighted by molar-refractivity contribution is 6.31. The van der Waals surface area contributed by atoms with Crippen LogP contribution >= 0.6 is 11.6 Å². The van der Waals surface area contributed by atoms with Crippen LogP contribution in [-0.4, -0.2) is 41.0 Å². The van der Waals surface area contributed by atoms with Crippen molar-refractivity contribution in [2.45, 2.75) is 38.0 Å². The maximum absolute atomic E-state index is 13.2. The zero-order valence-corrected chi connectivity index (χ0v) is 17.1. The number of rotatable bonds is 10. The summed E-state index contributed by atoms with van der Waals surface area (Å²) in [6.45, 7) is 5.43. The van der Waals surface area contributed by atoms with Gasteiger partial charge in [0.15, 0.2) is 0 Å². The molecule has 1 N–H and O–H groups in total. The third-order valence-corrected chi connectivity index (χ3v) is 5.27. The van der Waals surface area contributed by atoms with E-state index in [1.165, 1.54) is 12.1 Å². The fourth-order valence-electron chi connectivity index (χ4n) is 3.40. The van der Waals surface area contributed by atoms with Crippen molar-refractivity contribution in [1.82, 2.24) is 4.90 Å². The van der Waals surface area contributed by atoms with Crippen molar-refractivity contribution >= 4 is 17.3 Å². The lowest BCUT2D eigenvalue weighted by Crippen LogP contribution is -2.37.